The quantitative estimate of drug-likeness (QED) is 0.896. The van der Waals surface area contributed by atoms with E-state index in [0.29, 0.717) is 29.8 Å². The Morgan fingerprint density at radius 3 is 2.54 bits per heavy atom. The van der Waals surface area contributed by atoms with Crippen LogP contribution >= 0.6 is 0 Å². The molecular weight excluding hydrogens is 322 g/mol. The maximum absolute atomic E-state index is 13.3. The topological polar surface area (TPSA) is 70.1 Å². The van der Waals surface area contributed by atoms with Gasteiger partial charge in [0.25, 0.3) is 5.92 Å². The van der Waals surface area contributed by atoms with E-state index in [0.717, 1.165) is 4.90 Å². The minimum absolute atomic E-state index is 0.0293. The lowest BCUT2D eigenvalue weighted by molar-refractivity contribution is 0.0136. The van der Waals surface area contributed by atoms with E-state index in [-0.39, 0.29) is 25.1 Å². The summed E-state index contributed by atoms with van der Waals surface area (Å²) in [6, 6.07) is 2.60. The van der Waals surface area contributed by atoms with Crippen LogP contribution in [0.5, 0.6) is 5.75 Å². The fraction of sp³-hybridized carbons (Fsp3) is 0.500. The average Bonchev–Trinajstić information content (AvgIpc) is 2.92. The third kappa shape index (κ3) is 2.88. The van der Waals surface area contributed by atoms with E-state index < -0.39 is 24.5 Å². The van der Waals surface area contributed by atoms with Crippen molar-refractivity contribution in [1.82, 2.24) is 9.80 Å². The number of fused-ring (bicyclic) bond motifs is 1. The van der Waals surface area contributed by atoms with Crippen LogP contribution in [0.3, 0.4) is 0 Å². The summed E-state index contributed by atoms with van der Waals surface area (Å²) in [4.78, 5) is 26.5. The van der Waals surface area contributed by atoms with E-state index in [1.54, 1.807) is 6.07 Å². The van der Waals surface area contributed by atoms with E-state index in [1.165, 1.54) is 18.1 Å². The first-order valence-electron chi connectivity index (χ1n) is 7.66. The number of hydrogen-bond acceptors (Lipinski definition) is 3. The van der Waals surface area contributed by atoms with Crippen molar-refractivity contribution < 1.29 is 28.2 Å². The highest BCUT2D eigenvalue weighted by molar-refractivity contribution is 5.90. The van der Waals surface area contributed by atoms with Gasteiger partial charge in [-0.25, -0.2) is 18.4 Å². The van der Waals surface area contributed by atoms with Gasteiger partial charge in [0.05, 0.1) is 25.8 Å². The predicted octanol–water partition coefficient (Wildman–Crippen LogP) is 2.21. The smallest absolute Gasteiger partial charge is 0.335 e. The molecule has 0 radical (unpaired) electrons. The van der Waals surface area contributed by atoms with Gasteiger partial charge in [-0.3, -0.25) is 0 Å². The van der Waals surface area contributed by atoms with Crippen LogP contribution in [0.2, 0.25) is 0 Å². The van der Waals surface area contributed by atoms with E-state index in [9.17, 15) is 23.5 Å². The monoisotopic (exact) mass is 340 g/mol. The molecule has 1 N–H and O–H groups in total. The molecule has 0 bridgehead atoms. The van der Waals surface area contributed by atoms with E-state index in [1.807, 2.05) is 0 Å². The molecule has 2 aliphatic rings. The molecule has 0 spiro atoms. The highest BCUT2D eigenvalue weighted by Crippen LogP contribution is 2.33. The van der Waals surface area contributed by atoms with Crippen molar-refractivity contribution in [3.63, 3.8) is 0 Å². The first kappa shape index (κ1) is 16.5. The molecule has 1 fully saturated rings. The van der Waals surface area contributed by atoms with Gasteiger partial charge in [0.1, 0.15) is 5.75 Å². The maximum atomic E-state index is 13.3. The summed E-state index contributed by atoms with van der Waals surface area (Å²) in [6.07, 6.45) is 0.0276. The first-order valence-corrected chi connectivity index (χ1v) is 7.66. The number of carbonyl (C=O) groups excluding carboxylic acids is 1. The zero-order valence-corrected chi connectivity index (χ0v) is 13.2. The molecule has 0 saturated carbocycles. The van der Waals surface area contributed by atoms with Crippen LogP contribution in [-0.2, 0) is 13.0 Å². The number of halogens is 2. The van der Waals surface area contributed by atoms with Crippen LogP contribution in [0.1, 0.15) is 27.9 Å². The Balaban J connectivity index is 1.85. The van der Waals surface area contributed by atoms with Gasteiger partial charge in [-0.2, -0.15) is 0 Å². The number of benzene rings is 1. The van der Waals surface area contributed by atoms with Gasteiger partial charge in [-0.15, -0.1) is 0 Å². The average molecular weight is 340 g/mol. The lowest BCUT2D eigenvalue weighted by Crippen LogP contribution is -2.45. The van der Waals surface area contributed by atoms with Crippen LogP contribution in [0.4, 0.5) is 13.6 Å². The SMILES string of the molecule is COc1ccc(C(=O)O)c2c1CN(C(=O)N1CCC(F)(F)C1)CC2. The number of likely N-dealkylation sites (tertiary alicyclic amines) is 1. The van der Waals surface area contributed by atoms with Crippen molar-refractivity contribution in [2.24, 2.45) is 0 Å². The normalized spacial score (nSPS) is 19.1. The number of carboxylic acids is 1. The molecule has 0 unspecified atom stereocenters. The maximum Gasteiger partial charge on any atom is 0.335 e. The van der Waals surface area contributed by atoms with Gasteiger partial charge in [0, 0.05) is 25.1 Å². The van der Waals surface area contributed by atoms with Gasteiger partial charge in [0.2, 0.25) is 0 Å². The summed E-state index contributed by atoms with van der Waals surface area (Å²) in [5.41, 5.74) is 1.45. The van der Waals surface area contributed by atoms with Crippen molar-refractivity contribution in [2.75, 3.05) is 26.7 Å². The zero-order valence-electron chi connectivity index (χ0n) is 13.2. The van der Waals surface area contributed by atoms with Crippen molar-refractivity contribution in [1.29, 1.82) is 0 Å². The predicted molar refractivity (Wildman–Crippen MR) is 80.6 cm³/mol. The summed E-state index contributed by atoms with van der Waals surface area (Å²) >= 11 is 0. The number of carboxylic acid groups (broad SMARTS) is 1. The summed E-state index contributed by atoms with van der Waals surface area (Å²) in [5, 5.41) is 9.30. The fourth-order valence-electron chi connectivity index (χ4n) is 3.30. The third-order valence-corrected chi connectivity index (χ3v) is 4.53. The Morgan fingerprint density at radius 1 is 1.21 bits per heavy atom. The molecule has 130 valence electrons. The largest absolute Gasteiger partial charge is 0.496 e. The zero-order chi connectivity index (χ0) is 17.5. The van der Waals surface area contributed by atoms with Crippen molar-refractivity contribution in [3.8, 4) is 5.75 Å². The third-order valence-electron chi connectivity index (χ3n) is 4.53. The molecule has 1 saturated heterocycles. The molecule has 2 amide bonds. The number of aromatic carboxylic acids is 1. The van der Waals surface area contributed by atoms with E-state index in [4.69, 9.17) is 4.74 Å². The van der Waals surface area contributed by atoms with Crippen molar-refractivity contribution in [2.45, 2.75) is 25.3 Å². The molecule has 3 rings (SSSR count). The number of alkyl halides is 2. The molecule has 1 aromatic rings. The Kier molecular flexibility index (Phi) is 4.06. The van der Waals surface area contributed by atoms with E-state index in [2.05, 4.69) is 0 Å². The van der Waals surface area contributed by atoms with Gasteiger partial charge in [-0.05, 0) is 24.1 Å². The molecule has 2 heterocycles. The number of carbonyl (C=O) groups is 2. The van der Waals surface area contributed by atoms with E-state index >= 15 is 0 Å². The standard InChI is InChI=1S/C16H18F2N2O4/c1-24-13-3-2-11(14(21)22)10-4-6-19(8-12(10)13)15(23)20-7-5-16(17,18)9-20/h2-3H,4-9H2,1H3,(H,21,22). The molecular formula is C16H18F2N2O4. The first-order chi connectivity index (χ1) is 11.3. The Labute approximate surface area is 137 Å². The minimum atomic E-state index is -2.84. The lowest BCUT2D eigenvalue weighted by Gasteiger charge is -2.33. The number of methoxy groups -OCH3 is 1. The molecule has 0 aliphatic carbocycles. The molecule has 24 heavy (non-hydrogen) atoms. The summed E-state index contributed by atoms with van der Waals surface area (Å²) in [5.74, 6) is -3.37. The molecule has 6 nitrogen and oxygen atoms in total. The second-order valence-corrected chi connectivity index (χ2v) is 6.06. The Morgan fingerprint density at radius 2 is 1.96 bits per heavy atom. The van der Waals surface area contributed by atoms with Gasteiger partial charge >= 0.3 is 12.0 Å². The molecule has 2 aliphatic heterocycles. The van der Waals surface area contributed by atoms with Gasteiger partial charge in [0.15, 0.2) is 0 Å². The summed E-state index contributed by atoms with van der Waals surface area (Å²) < 4.78 is 31.9. The Bertz CT molecular complexity index is 693. The minimum Gasteiger partial charge on any atom is -0.496 e. The van der Waals surface area contributed by atoms with Crippen LogP contribution in [0.15, 0.2) is 12.1 Å². The highest BCUT2D eigenvalue weighted by atomic mass is 19.3. The second kappa shape index (κ2) is 5.92. The second-order valence-electron chi connectivity index (χ2n) is 6.06. The number of urea groups is 1. The van der Waals surface area contributed by atoms with Crippen LogP contribution in [0, 0.1) is 0 Å². The van der Waals surface area contributed by atoms with Crippen LogP contribution < -0.4 is 4.74 Å². The molecule has 0 aromatic heterocycles. The summed E-state index contributed by atoms with van der Waals surface area (Å²) in [7, 11) is 1.47. The van der Waals surface area contributed by atoms with Gasteiger partial charge < -0.3 is 19.6 Å². The molecule has 1 aromatic carbocycles. The number of ether oxygens (including phenoxy) is 1. The molecule has 8 heteroatoms. The number of hydrogen-bond donors (Lipinski definition) is 1. The number of nitrogens with zero attached hydrogens (tertiary/aromatic N) is 2. The Hall–Kier alpha value is -2.38. The van der Waals surface area contributed by atoms with Crippen LogP contribution in [-0.4, -0.2) is 59.6 Å². The molecule has 0 atom stereocenters. The van der Waals surface area contributed by atoms with Gasteiger partial charge in [-0.1, -0.05) is 0 Å². The summed E-state index contributed by atoms with van der Waals surface area (Å²) in [6.45, 7) is -0.0924. The fourth-order valence-corrected chi connectivity index (χ4v) is 3.30. The number of rotatable bonds is 2. The van der Waals surface area contributed by atoms with Crippen molar-refractivity contribution >= 4 is 12.0 Å². The highest BCUT2D eigenvalue weighted by Gasteiger charge is 2.42. The number of amides is 2. The lowest BCUT2D eigenvalue weighted by atomic mass is 9.93. The van der Waals surface area contributed by atoms with Crippen molar-refractivity contribution in [3.05, 3.63) is 28.8 Å². The van der Waals surface area contributed by atoms with Crippen LogP contribution in [0.25, 0.3) is 0 Å².